The van der Waals surface area contributed by atoms with E-state index < -0.39 is 0 Å². The maximum absolute atomic E-state index is 5.83. The van der Waals surface area contributed by atoms with Gasteiger partial charge in [-0.15, -0.1) is 6.42 Å². The van der Waals surface area contributed by atoms with Crippen molar-refractivity contribution in [2.45, 2.75) is 19.0 Å². The van der Waals surface area contributed by atoms with Gasteiger partial charge in [-0.05, 0) is 19.1 Å². The fourth-order valence-electron chi connectivity index (χ4n) is 2.03. The topological polar surface area (TPSA) is 65.7 Å². The van der Waals surface area contributed by atoms with Crippen LogP contribution in [0.25, 0.3) is 0 Å². The molecule has 5 nitrogen and oxygen atoms in total. The van der Waals surface area contributed by atoms with E-state index in [-0.39, 0.29) is 12.1 Å². The number of hydrogen-bond donors (Lipinski definition) is 2. The minimum atomic E-state index is -0.129. The molecule has 0 bridgehead atoms. The third kappa shape index (κ3) is 3.35. The van der Waals surface area contributed by atoms with Gasteiger partial charge in [0.2, 0.25) is 5.75 Å². The van der Waals surface area contributed by atoms with Gasteiger partial charge in [0, 0.05) is 18.2 Å². The first-order valence-electron chi connectivity index (χ1n) is 6.34. The van der Waals surface area contributed by atoms with Crippen LogP contribution in [0.1, 0.15) is 18.5 Å². The molecule has 2 atom stereocenters. The third-order valence-corrected chi connectivity index (χ3v) is 3.05. The molecule has 1 aromatic rings. The predicted octanol–water partition coefficient (Wildman–Crippen LogP) is 1.32. The lowest BCUT2D eigenvalue weighted by atomic mass is 10.0. The molecule has 110 valence electrons. The van der Waals surface area contributed by atoms with E-state index in [4.69, 9.17) is 26.4 Å². The average Bonchev–Trinajstić information content (AvgIpc) is 2.50. The van der Waals surface area contributed by atoms with Crippen LogP contribution in [0.15, 0.2) is 12.1 Å². The zero-order chi connectivity index (χ0) is 15.1. The molecule has 0 aliphatic rings. The lowest BCUT2D eigenvalue weighted by molar-refractivity contribution is 0.319. The predicted molar refractivity (Wildman–Crippen MR) is 79.3 cm³/mol. The summed E-state index contributed by atoms with van der Waals surface area (Å²) in [5.74, 6) is 4.37. The molecule has 20 heavy (non-hydrogen) atoms. The molecule has 0 amide bonds. The minimum absolute atomic E-state index is 0.0960. The summed E-state index contributed by atoms with van der Waals surface area (Å²) >= 11 is 0. The molecular formula is C15H22N2O3. The number of nitrogens with one attached hydrogen (secondary N) is 1. The van der Waals surface area contributed by atoms with Crippen LogP contribution in [0, 0.1) is 12.3 Å². The second kappa shape index (κ2) is 7.63. The SMILES string of the molecule is C#CC(C)NC(CN)c1ccc(OC)c(OC)c1OC. The molecule has 0 spiro atoms. The Kier molecular flexibility index (Phi) is 6.16. The number of terminal acetylenes is 1. The van der Waals surface area contributed by atoms with Gasteiger partial charge in [0.15, 0.2) is 11.5 Å². The fourth-order valence-corrected chi connectivity index (χ4v) is 2.03. The molecule has 3 N–H and O–H groups in total. The first-order valence-corrected chi connectivity index (χ1v) is 6.34. The van der Waals surface area contributed by atoms with Crippen LogP contribution in [0.5, 0.6) is 17.2 Å². The molecule has 0 aromatic heterocycles. The van der Waals surface area contributed by atoms with Crippen molar-refractivity contribution in [2.24, 2.45) is 5.73 Å². The van der Waals surface area contributed by atoms with E-state index in [2.05, 4.69) is 11.2 Å². The molecule has 5 heteroatoms. The van der Waals surface area contributed by atoms with Gasteiger partial charge in [-0.3, -0.25) is 5.32 Å². The molecule has 0 saturated heterocycles. The van der Waals surface area contributed by atoms with Crippen LogP contribution in [0.4, 0.5) is 0 Å². The number of benzene rings is 1. The van der Waals surface area contributed by atoms with E-state index in [1.54, 1.807) is 21.3 Å². The zero-order valence-corrected chi connectivity index (χ0v) is 12.4. The summed E-state index contributed by atoms with van der Waals surface area (Å²) in [7, 11) is 4.73. The number of methoxy groups -OCH3 is 3. The van der Waals surface area contributed by atoms with Crippen LogP contribution in [0.2, 0.25) is 0 Å². The second-order valence-corrected chi connectivity index (χ2v) is 4.27. The summed E-state index contributed by atoms with van der Waals surface area (Å²) in [6, 6.07) is 3.49. The number of ether oxygens (including phenoxy) is 3. The molecule has 0 fully saturated rings. The average molecular weight is 278 g/mol. The van der Waals surface area contributed by atoms with Gasteiger partial charge in [-0.25, -0.2) is 0 Å². The maximum Gasteiger partial charge on any atom is 0.203 e. The van der Waals surface area contributed by atoms with Gasteiger partial charge in [0.25, 0.3) is 0 Å². The Morgan fingerprint density at radius 1 is 1.20 bits per heavy atom. The molecule has 0 heterocycles. The normalized spacial score (nSPS) is 13.2. The minimum Gasteiger partial charge on any atom is -0.493 e. The van der Waals surface area contributed by atoms with E-state index >= 15 is 0 Å². The molecule has 0 saturated carbocycles. The van der Waals surface area contributed by atoms with Crippen LogP contribution in [0.3, 0.4) is 0 Å². The van der Waals surface area contributed by atoms with Crippen molar-refractivity contribution >= 4 is 0 Å². The first kappa shape index (κ1) is 16.2. The molecule has 1 aromatic carbocycles. The molecule has 0 aliphatic heterocycles. The summed E-state index contributed by atoms with van der Waals surface area (Å²) in [5, 5.41) is 3.26. The first-order chi connectivity index (χ1) is 9.62. The van der Waals surface area contributed by atoms with Crippen molar-refractivity contribution in [3.63, 3.8) is 0 Å². The fraction of sp³-hybridized carbons (Fsp3) is 0.467. The summed E-state index contributed by atoms with van der Waals surface area (Å²) in [6.45, 7) is 2.29. The lowest BCUT2D eigenvalue weighted by Gasteiger charge is -2.23. The van der Waals surface area contributed by atoms with Crippen molar-refractivity contribution in [1.29, 1.82) is 0 Å². The van der Waals surface area contributed by atoms with Crippen LogP contribution in [-0.2, 0) is 0 Å². The molecule has 0 aliphatic carbocycles. The van der Waals surface area contributed by atoms with Crippen LogP contribution < -0.4 is 25.3 Å². The van der Waals surface area contributed by atoms with Gasteiger partial charge in [0.05, 0.1) is 27.4 Å². The van der Waals surface area contributed by atoms with Gasteiger partial charge >= 0.3 is 0 Å². The van der Waals surface area contributed by atoms with Crippen molar-refractivity contribution < 1.29 is 14.2 Å². The van der Waals surface area contributed by atoms with Crippen molar-refractivity contribution in [2.75, 3.05) is 27.9 Å². The summed E-state index contributed by atoms with van der Waals surface area (Å²) in [6.07, 6.45) is 5.40. The highest BCUT2D eigenvalue weighted by molar-refractivity contribution is 5.56. The maximum atomic E-state index is 5.83. The number of rotatable bonds is 7. The number of hydrogen-bond acceptors (Lipinski definition) is 5. The third-order valence-electron chi connectivity index (χ3n) is 3.05. The quantitative estimate of drug-likeness (QED) is 0.737. The van der Waals surface area contributed by atoms with Gasteiger partial charge < -0.3 is 19.9 Å². The smallest absolute Gasteiger partial charge is 0.203 e. The Labute approximate surface area is 120 Å². The molecular weight excluding hydrogens is 256 g/mol. The Balaban J connectivity index is 3.25. The van der Waals surface area contributed by atoms with Crippen LogP contribution in [-0.4, -0.2) is 33.9 Å². The van der Waals surface area contributed by atoms with E-state index in [1.165, 1.54) is 0 Å². The van der Waals surface area contributed by atoms with Crippen molar-refractivity contribution in [1.82, 2.24) is 5.32 Å². The number of nitrogens with two attached hydrogens (primary N) is 1. The standard InChI is InChI=1S/C15H22N2O3/c1-6-10(2)17-12(9-16)11-7-8-13(18-3)15(20-5)14(11)19-4/h1,7-8,10,12,17H,9,16H2,2-5H3. The Morgan fingerprint density at radius 3 is 2.30 bits per heavy atom. The van der Waals surface area contributed by atoms with Crippen LogP contribution >= 0.6 is 0 Å². The largest absolute Gasteiger partial charge is 0.493 e. The highest BCUT2D eigenvalue weighted by Gasteiger charge is 2.22. The summed E-state index contributed by atoms with van der Waals surface area (Å²) < 4.78 is 16.1. The van der Waals surface area contributed by atoms with Gasteiger partial charge in [-0.1, -0.05) is 5.92 Å². The van der Waals surface area contributed by atoms with E-state index in [0.29, 0.717) is 23.8 Å². The van der Waals surface area contributed by atoms with E-state index in [1.807, 2.05) is 19.1 Å². The monoisotopic (exact) mass is 278 g/mol. The second-order valence-electron chi connectivity index (χ2n) is 4.27. The molecule has 0 radical (unpaired) electrons. The highest BCUT2D eigenvalue weighted by Crippen LogP contribution is 2.41. The van der Waals surface area contributed by atoms with Crippen molar-refractivity contribution in [3.05, 3.63) is 17.7 Å². The summed E-state index contributed by atoms with van der Waals surface area (Å²) in [4.78, 5) is 0. The van der Waals surface area contributed by atoms with Gasteiger partial charge in [0.1, 0.15) is 0 Å². The van der Waals surface area contributed by atoms with E-state index in [9.17, 15) is 0 Å². The van der Waals surface area contributed by atoms with Crippen molar-refractivity contribution in [3.8, 4) is 29.6 Å². The molecule has 2 unspecified atom stereocenters. The Bertz CT molecular complexity index is 483. The Hall–Kier alpha value is -1.90. The van der Waals surface area contributed by atoms with E-state index in [0.717, 1.165) is 5.56 Å². The highest BCUT2D eigenvalue weighted by atomic mass is 16.5. The Morgan fingerprint density at radius 2 is 1.85 bits per heavy atom. The summed E-state index contributed by atoms with van der Waals surface area (Å²) in [5.41, 5.74) is 6.72. The molecule has 1 rings (SSSR count). The lowest BCUT2D eigenvalue weighted by Crippen LogP contribution is -2.34. The zero-order valence-electron chi connectivity index (χ0n) is 12.4. The van der Waals surface area contributed by atoms with Gasteiger partial charge in [-0.2, -0.15) is 0 Å².